The molecular formula is C25H23N5O3S. The molecule has 0 spiro atoms. The van der Waals surface area contributed by atoms with Crippen LogP contribution in [-0.2, 0) is 9.53 Å². The van der Waals surface area contributed by atoms with E-state index in [9.17, 15) is 9.90 Å². The molecule has 0 saturated heterocycles. The Morgan fingerprint density at radius 2 is 1.65 bits per heavy atom. The second-order valence-electron chi connectivity index (χ2n) is 7.26. The van der Waals surface area contributed by atoms with Gasteiger partial charge in [-0.15, -0.1) is 10.2 Å². The van der Waals surface area contributed by atoms with Crippen molar-refractivity contribution in [2.75, 3.05) is 12.5 Å². The number of esters is 1. The van der Waals surface area contributed by atoms with E-state index >= 15 is 0 Å². The Bertz CT molecular complexity index is 1290. The number of nitrogens with zero attached hydrogens (tertiary/aromatic N) is 4. The highest BCUT2D eigenvalue weighted by Crippen LogP contribution is 2.29. The van der Waals surface area contributed by atoms with Gasteiger partial charge >= 0.3 is 5.97 Å². The molecule has 8 nitrogen and oxygen atoms in total. The highest BCUT2D eigenvalue weighted by molar-refractivity contribution is 8.15. The van der Waals surface area contributed by atoms with E-state index in [4.69, 9.17) is 4.74 Å². The maximum atomic E-state index is 12.5. The van der Waals surface area contributed by atoms with Crippen molar-refractivity contribution in [1.82, 2.24) is 14.8 Å². The lowest BCUT2D eigenvalue weighted by Gasteiger charge is -2.14. The molecule has 172 valence electrons. The summed E-state index contributed by atoms with van der Waals surface area (Å²) in [5.74, 6) is -0.310. The summed E-state index contributed by atoms with van der Waals surface area (Å²) in [5.41, 5.74) is 6.06. The predicted molar refractivity (Wildman–Crippen MR) is 132 cm³/mol. The van der Waals surface area contributed by atoms with Crippen molar-refractivity contribution in [2.24, 2.45) is 5.10 Å². The summed E-state index contributed by atoms with van der Waals surface area (Å²) >= 11 is 0.993. The molecule has 3 aromatic carbocycles. The fourth-order valence-corrected chi connectivity index (χ4v) is 4.02. The van der Waals surface area contributed by atoms with E-state index < -0.39 is 12.1 Å². The van der Waals surface area contributed by atoms with Crippen molar-refractivity contribution in [3.05, 3.63) is 102 Å². The van der Waals surface area contributed by atoms with E-state index in [0.717, 1.165) is 28.7 Å². The number of aliphatic hydroxyl groups is 1. The summed E-state index contributed by atoms with van der Waals surface area (Å²) in [6.07, 6.45) is -1.02. The average molecular weight is 474 g/mol. The Morgan fingerprint density at radius 1 is 1.00 bits per heavy atom. The zero-order valence-electron chi connectivity index (χ0n) is 18.6. The number of thioether (sulfide) groups is 1. The molecule has 0 radical (unpaired) electrons. The van der Waals surface area contributed by atoms with Gasteiger partial charge in [0.15, 0.2) is 5.82 Å². The zero-order valence-corrected chi connectivity index (χ0v) is 19.4. The third-order valence-electron chi connectivity index (χ3n) is 5.00. The van der Waals surface area contributed by atoms with E-state index in [2.05, 4.69) is 20.7 Å². The number of hydrogen-bond donors (Lipinski definition) is 2. The Labute approximate surface area is 201 Å². The van der Waals surface area contributed by atoms with Gasteiger partial charge in [0, 0.05) is 5.69 Å². The van der Waals surface area contributed by atoms with Crippen LogP contribution < -0.4 is 5.43 Å². The first-order chi connectivity index (χ1) is 16.6. The van der Waals surface area contributed by atoms with E-state index in [1.807, 2.05) is 91.9 Å². The Balaban J connectivity index is 1.73. The highest BCUT2D eigenvalue weighted by atomic mass is 32.2. The lowest BCUT2D eigenvalue weighted by molar-refractivity contribution is -0.132. The molecule has 1 atom stereocenters. The number of aryl methyl sites for hydroxylation is 1. The van der Waals surface area contributed by atoms with Gasteiger partial charge in [-0.3, -0.25) is 9.99 Å². The van der Waals surface area contributed by atoms with Gasteiger partial charge in [-0.2, -0.15) is 5.10 Å². The fraction of sp³-hybridized carbons (Fsp3) is 0.120. The van der Waals surface area contributed by atoms with Gasteiger partial charge < -0.3 is 9.84 Å². The number of carbonyl (C=O) groups is 1. The van der Waals surface area contributed by atoms with E-state index in [1.165, 1.54) is 7.11 Å². The largest absolute Gasteiger partial charge is 0.464 e. The quantitative estimate of drug-likeness (QED) is 0.141. The number of nitrogens with one attached hydrogen (secondary N) is 1. The summed E-state index contributed by atoms with van der Waals surface area (Å²) in [6, 6.07) is 26.2. The Hall–Kier alpha value is -3.95. The molecule has 1 aromatic heterocycles. The lowest BCUT2D eigenvalue weighted by Crippen LogP contribution is -2.16. The minimum Gasteiger partial charge on any atom is -0.464 e. The molecule has 0 saturated carbocycles. The van der Waals surface area contributed by atoms with Crippen molar-refractivity contribution in [1.29, 1.82) is 0 Å². The van der Waals surface area contributed by atoms with Crippen LogP contribution in [0.15, 0.2) is 95.2 Å². The minimum absolute atomic E-state index is 0.0380. The number of hydrazone groups is 1. The summed E-state index contributed by atoms with van der Waals surface area (Å²) in [5, 5.41) is 24.2. The van der Waals surface area contributed by atoms with Gasteiger partial charge in [0.1, 0.15) is 6.10 Å². The van der Waals surface area contributed by atoms with Crippen LogP contribution >= 0.6 is 11.8 Å². The molecule has 1 heterocycles. The van der Waals surface area contributed by atoms with Crippen molar-refractivity contribution in [2.45, 2.75) is 18.2 Å². The molecule has 34 heavy (non-hydrogen) atoms. The smallest absolute Gasteiger partial charge is 0.365 e. The van der Waals surface area contributed by atoms with E-state index in [-0.39, 0.29) is 5.04 Å². The molecular weight excluding hydrogens is 450 g/mol. The molecule has 4 aromatic rings. The van der Waals surface area contributed by atoms with Crippen LogP contribution in [0.5, 0.6) is 0 Å². The molecule has 0 fully saturated rings. The maximum Gasteiger partial charge on any atom is 0.365 e. The zero-order chi connectivity index (χ0) is 23.9. The Kier molecular flexibility index (Phi) is 7.36. The second kappa shape index (κ2) is 10.8. The van der Waals surface area contributed by atoms with Crippen LogP contribution in [0, 0.1) is 6.92 Å². The van der Waals surface area contributed by atoms with Gasteiger partial charge in [0.2, 0.25) is 10.2 Å². The number of rotatable bonds is 6. The standard InChI is InChI=1S/C25H23N5O3S/c1-17-11-9-10-16-20(17)26-28-23(24(32)33-2)34-25-29-27-22(21(31)18-12-5-3-6-13-18)30(25)19-14-7-4-8-15-19/h3-16,21,26,31H,1-2H3. The number of ether oxygens (including phenoxy) is 1. The first-order valence-corrected chi connectivity index (χ1v) is 11.3. The van der Waals surface area contributed by atoms with E-state index in [1.54, 1.807) is 4.57 Å². The summed E-state index contributed by atoms with van der Waals surface area (Å²) in [4.78, 5) is 12.5. The SMILES string of the molecule is COC(=O)C(=NNc1ccccc1C)Sc1nnc(C(O)c2ccccc2)n1-c1ccccc1. The average Bonchev–Trinajstić information content (AvgIpc) is 3.31. The molecule has 0 aliphatic rings. The normalized spacial score (nSPS) is 12.3. The third kappa shape index (κ3) is 5.16. The summed E-state index contributed by atoms with van der Waals surface area (Å²) in [6.45, 7) is 1.94. The van der Waals surface area contributed by atoms with Crippen LogP contribution in [0.4, 0.5) is 5.69 Å². The van der Waals surface area contributed by atoms with Crippen molar-refractivity contribution < 1.29 is 14.6 Å². The molecule has 0 aliphatic carbocycles. The van der Waals surface area contributed by atoms with Crippen molar-refractivity contribution in [3.63, 3.8) is 0 Å². The van der Waals surface area contributed by atoms with Gasteiger partial charge in [0.05, 0.1) is 12.8 Å². The van der Waals surface area contributed by atoms with Crippen LogP contribution in [0.2, 0.25) is 0 Å². The summed E-state index contributed by atoms with van der Waals surface area (Å²) < 4.78 is 6.64. The predicted octanol–water partition coefficient (Wildman–Crippen LogP) is 4.35. The van der Waals surface area contributed by atoms with Gasteiger partial charge in [-0.05, 0) is 48.0 Å². The molecule has 9 heteroatoms. The Morgan fingerprint density at radius 3 is 2.32 bits per heavy atom. The van der Waals surface area contributed by atoms with Gasteiger partial charge in [0.25, 0.3) is 0 Å². The van der Waals surface area contributed by atoms with Gasteiger partial charge in [-0.25, -0.2) is 4.79 Å². The third-order valence-corrected chi connectivity index (χ3v) is 5.90. The number of carbonyl (C=O) groups excluding carboxylic acids is 1. The number of para-hydroxylation sites is 2. The second-order valence-corrected chi connectivity index (χ2v) is 8.22. The minimum atomic E-state index is -1.02. The lowest BCUT2D eigenvalue weighted by atomic mass is 10.1. The molecule has 1 unspecified atom stereocenters. The molecule has 0 aliphatic heterocycles. The molecule has 2 N–H and O–H groups in total. The van der Waals surface area contributed by atoms with Crippen LogP contribution in [0.3, 0.4) is 0 Å². The molecule has 4 rings (SSSR count). The number of anilines is 1. The first-order valence-electron chi connectivity index (χ1n) is 10.5. The van der Waals surface area contributed by atoms with E-state index in [0.29, 0.717) is 16.5 Å². The van der Waals surface area contributed by atoms with Crippen molar-refractivity contribution in [3.8, 4) is 5.69 Å². The van der Waals surface area contributed by atoms with Gasteiger partial charge in [-0.1, -0.05) is 66.7 Å². The number of hydrogen-bond acceptors (Lipinski definition) is 8. The number of benzene rings is 3. The fourth-order valence-electron chi connectivity index (χ4n) is 3.22. The number of methoxy groups -OCH3 is 1. The monoisotopic (exact) mass is 473 g/mol. The van der Waals surface area contributed by atoms with Crippen LogP contribution in [0.25, 0.3) is 5.69 Å². The first kappa shape index (κ1) is 23.2. The number of aliphatic hydroxyl groups excluding tert-OH is 1. The molecule has 0 bridgehead atoms. The number of aromatic nitrogens is 3. The maximum absolute atomic E-state index is 12.5. The van der Waals surface area contributed by atoms with Crippen LogP contribution in [0.1, 0.15) is 23.1 Å². The summed E-state index contributed by atoms with van der Waals surface area (Å²) in [7, 11) is 1.29. The molecule has 0 amide bonds. The van der Waals surface area contributed by atoms with Crippen molar-refractivity contribution >= 4 is 28.5 Å². The topological polar surface area (TPSA) is 102 Å². The highest BCUT2D eigenvalue weighted by Gasteiger charge is 2.25. The van der Waals surface area contributed by atoms with Crippen LogP contribution in [-0.4, -0.2) is 38.0 Å².